The van der Waals surface area contributed by atoms with Gasteiger partial charge in [-0.2, -0.15) is 0 Å². The number of rotatable bonds is 10. The van der Waals surface area contributed by atoms with E-state index in [-0.39, 0.29) is 52.9 Å². The molecule has 8 rings (SSSR count). The molecule has 18 heteroatoms. The summed E-state index contributed by atoms with van der Waals surface area (Å²) >= 11 is 0. The monoisotopic (exact) mass is 997 g/mol. The molecule has 70 heavy (non-hydrogen) atoms. The van der Waals surface area contributed by atoms with Crippen molar-refractivity contribution in [3.63, 3.8) is 0 Å². The first-order valence-corrected chi connectivity index (χ1v) is 26.0. The Labute approximate surface area is 412 Å². The van der Waals surface area contributed by atoms with Crippen molar-refractivity contribution in [3.8, 4) is 0 Å². The Bertz CT molecular complexity index is 1940. The molecule has 0 radical (unpaired) electrons. The molecular formula is C52H84O18. The van der Waals surface area contributed by atoms with Crippen molar-refractivity contribution in [2.24, 2.45) is 56.2 Å². The van der Waals surface area contributed by atoms with Gasteiger partial charge in [0.2, 0.25) is 6.29 Å². The summed E-state index contributed by atoms with van der Waals surface area (Å²) in [6, 6.07) is 0. The lowest BCUT2D eigenvalue weighted by Crippen LogP contribution is -2.69. The van der Waals surface area contributed by atoms with Crippen molar-refractivity contribution in [2.75, 3.05) is 13.2 Å². The molecule has 5 aliphatic carbocycles. The zero-order valence-corrected chi connectivity index (χ0v) is 42.8. The van der Waals surface area contributed by atoms with E-state index in [1.54, 1.807) is 6.92 Å². The maximum absolute atomic E-state index is 15.0. The first-order chi connectivity index (χ1) is 32.6. The van der Waals surface area contributed by atoms with Gasteiger partial charge in [-0.3, -0.25) is 9.59 Å². The first kappa shape index (κ1) is 54.4. The highest BCUT2D eigenvalue weighted by molar-refractivity contribution is 5.79. The normalized spacial score (nSPS) is 50.9. The van der Waals surface area contributed by atoms with Crippen LogP contribution in [-0.2, 0) is 42.7 Å². The zero-order chi connectivity index (χ0) is 51.4. The van der Waals surface area contributed by atoms with Gasteiger partial charge in [0.1, 0.15) is 48.8 Å². The lowest BCUT2D eigenvalue weighted by molar-refractivity contribution is -0.375. The molecule has 4 saturated carbocycles. The van der Waals surface area contributed by atoms with Crippen LogP contribution in [0.4, 0.5) is 0 Å². The van der Waals surface area contributed by atoms with Crippen LogP contribution >= 0.6 is 0 Å². The fourth-order valence-corrected chi connectivity index (χ4v) is 15.5. The molecule has 18 nitrogen and oxygen atoms in total. The number of allylic oxidation sites excluding steroid dienone is 2. The molecule has 7 fully saturated rings. The van der Waals surface area contributed by atoms with Crippen LogP contribution in [0.1, 0.15) is 133 Å². The quantitative estimate of drug-likeness (QED) is 0.0863. The van der Waals surface area contributed by atoms with Crippen LogP contribution in [0, 0.1) is 56.2 Å². The Kier molecular flexibility index (Phi) is 15.0. The van der Waals surface area contributed by atoms with E-state index in [9.17, 15) is 55.5 Å². The number of hydrogen-bond donors (Lipinski definition) is 9. The minimum atomic E-state index is -1.71. The van der Waals surface area contributed by atoms with E-state index in [0.717, 1.165) is 25.7 Å². The van der Waals surface area contributed by atoms with E-state index in [4.69, 9.17) is 33.2 Å². The van der Waals surface area contributed by atoms with Gasteiger partial charge in [0.25, 0.3) is 0 Å². The number of hydrogen-bond acceptors (Lipinski definition) is 18. The number of fused-ring (bicyclic) bond motifs is 7. The second kappa shape index (κ2) is 19.4. The average Bonchev–Trinajstić information content (AvgIpc) is 3.27. The van der Waals surface area contributed by atoms with Gasteiger partial charge >= 0.3 is 11.9 Å². The Hall–Kier alpha value is -1.88. The van der Waals surface area contributed by atoms with Crippen molar-refractivity contribution < 1.29 is 88.7 Å². The van der Waals surface area contributed by atoms with E-state index < -0.39 is 133 Å². The largest absolute Gasteiger partial charge is 0.456 e. The van der Waals surface area contributed by atoms with Crippen molar-refractivity contribution in [1.29, 1.82) is 0 Å². The summed E-state index contributed by atoms with van der Waals surface area (Å²) in [5.74, 6) is -1.07. The molecule has 0 aromatic rings. The van der Waals surface area contributed by atoms with Gasteiger partial charge in [-0.15, -0.1) is 0 Å². The zero-order valence-electron chi connectivity index (χ0n) is 42.8. The Balaban J connectivity index is 1.05. The van der Waals surface area contributed by atoms with Crippen LogP contribution in [0.15, 0.2) is 11.6 Å². The predicted octanol–water partition coefficient (Wildman–Crippen LogP) is 2.38. The van der Waals surface area contributed by atoms with E-state index >= 15 is 0 Å². The van der Waals surface area contributed by atoms with Gasteiger partial charge < -0.3 is 79.1 Å². The summed E-state index contributed by atoms with van der Waals surface area (Å²) in [6.45, 7) is 19.9. The topological polar surface area (TPSA) is 281 Å². The molecule has 400 valence electrons. The summed E-state index contributed by atoms with van der Waals surface area (Å²) in [6.07, 6.45) is -13.8. The van der Waals surface area contributed by atoms with Gasteiger partial charge in [0.05, 0.1) is 36.9 Å². The lowest BCUT2D eigenvalue weighted by atomic mass is 9.33. The third-order valence-electron chi connectivity index (χ3n) is 19.6. The van der Waals surface area contributed by atoms with Crippen LogP contribution in [0.2, 0.25) is 0 Å². The second-order valence-electron chi connectivity index (χ2n) is 25.2. The minimum absolute atomic E-state index is 0.00253. The second-order valence-corrected chi connectivity index (χ2v) is 25.2. The van der Waals surface area contributed by atoms with Crippen LogP contribution in [0.5, 0.6) is 0 Å². The molecular weight excluding hydrogens is 913 g/mol. The fourth-order valence-electron chi connectivity index (χ4n) is 15.5. The van der Waals surface area contributed by atoms with Gasteiger partial charge in [0, 0.05) is 6.42 Å². The Morgan fingerprint density at radius 2 is 1.40 bits per heavy atom. The lowest BCUT2D eigenvalue weighted by Gasteiger charge is -2.71. The average molecular weight is 997 g/mol. The fraction of sp³-hybridized carbons (Fsp3) is 0.923. The molecule has 3 saturated heterocycles. The number of aliphatic hydroxyl groups excluding tert-OH is 9. The highest BCUT2D eigenvalue weighted by atomic mass is 16.8. The Morgan fingerprint density at radius 3 is 2.07 bits per heavy atom. The van der Waals surface area contributed by atoms with Crippen LogP contribution in [0.25, 0.3) is 0 Å². The van der Waals surface area contributed by atoms with Gasteiger partial charge in [-0.05, 0) is 115 Å². The molecule has 0 amide bonds. The molecule has 23 atom stereocenters. The number of carbonyl (C=O) groups is 2. The van der Waals surface area contributed by atoms with Gasteiger partial charge in [0.15, 0.2) is 24.8 Å². The molecule has 8 aliphatic rings. The van der Waals surface area contributed by atoms with Gasteiger partial charge in [-0.25, -0.2) is 0 Å². The summed E-state index contributed by atoms with van der Waals surface area (Å²) in [5.41, 5.74) is -1.46. The molecule has 0 aromatic heterocycles. The summed E-state index contributed by atoms with van der Waals surface area (Å²) in [4.78, 5) is 27.7. The SMILES string of the molecule is CC(C)CC(=O)O[C@@H]1[C@@H](O)[C@H](C)O[C@@H](OC(=O)[C@]23CCC(C)(C)C[C@H]2C2=CC[C@@H]4[C@@]5(C)C[C@@H](O)[C@H](O[C@@H]6O[C@H](CO)[C@@H](O)[C@H](O)[C@H]6O[C@@H]6OC[C@@H](O)[C@H](O)[C@H]6O)C(C)(C)[C@@H]5CC[C@@]4(C)[C@]2(C)CC3)[C@@H]1O. The summed E-state index contributed by atoms with van der Waals surface area (Å²) < 4.78 is 41.9. The van der Waals surface area contributed by atoms with Crippen LogP contribution < -0.4 is 0 Å². The van der Waals surface area contributed by atoms with Crippen molar-refractivity contribution in [2.45, 2.75) is 232 Å². The van der Waals surface area contributed by atoms with Crippen LogP contribution in [-0.4, -0.2) is 169 Å². The van der Waals surface area contributed by atoms with Gasteiger partial charge in [-0.1, -0.05) is 74.0 Å². The molecule has 0 unspecified atom stereocenters. The third kappa shape index (κ3) is 8.94. The van der Waals surface area contributed by atoms with Crippen molar-refractivity contribution in [3.05, 3.63) is 11.6 Å². The first-order valence-electron chi connectivity index (χ1n) is 26.0. The number of esters is 2. The van der Waals surface area contributed by atoms with Crippen LogP contribution in [0.3, 0.4) is 0 Å². The molecule has 9 N–H and O–H groups in total. The predicted molar refractivity (Wildman–Crippen MR) is 247 cm³/mol. The van der Waals surface area contributed by atoms with E-state index in [2.05, 4.69) is 54.5 Å². The third-order valence-corrected chi connectivity index (χ3v) is 19.6. The highest BCUT2D eigenvalue weighted by Crippen LogP contribution is 2.76. The summed E-state index contributed by atoms with van der Waals surface area (Å²) in [5, 5.41) is 98.4. The van der Waals surface area contributed by atoms with E-state index in [0.29, 0.717) is 32.1 Å². The smallest absolute Gasteiger partial charge is 0.315 e. The van der Waals surface area contributed by atoms with Crippen molar-refractivity contribution in [1.82, 2.24) is 0 Å². The molecule has 0 aromatic carbocycles. The molecule has 0 bridgehead atoms. The minimum Gasteiger partial charge on any atom is -0.456 e. The number of carbonyl (C=O) groups excluding carboxylic acids is 2. The maximum atomic E-state index is 15.0. The van der Waals surface area contributed by atoms with Crippen molar-refractivity contribution >= 4 is 11.9 Å². The molecule has 0 spiro atoms. The van der Waals surface area contributed by atoms with E-state index in [1.165, 1.54) is 5.57 Å². The number of ether oxygens (including phenoxy) is 7. The highest BCUT2D eigenvalue weighted by Gasteiger charge is 2.71. The maximum Gasteiger partial charge on any atom is 0.315 e. The molecule has 3 heterocycles. The standard InChI is InChI=1S/C52H84O18/c1-24(2)19-33(56)67-40-34(57)25(3)65-44(39(40)62)70-46(63)52-17-15-47(4,5)20-27(52)26-11-12-32-49(8)21-28(54)42(48(6,7)31(49)13-14-51(32,10)50(26,9)16-18-52)69-45-41(37(60)36(59)30(22-53)66-45)68-43-38(61)35(58)29(55)23-64-43/h11,24-25,27-32,34-45,53-55,57-62H,12-23H2,1-10H3/t25-,27-,28+,29+,30+,31-,32+,34-,35-,36+,37-,38+,39+,40+,41+,42-,43-,44-,45-,49-,50+,51+,52-/m0/s1. The van der Waals surface area contributed by atoms with E-state index in [1.807, 2.05) is 13.8 Å². The summed E-state index contributed by atoms with van der Waals surface area (Å²) in [7, 11) is 0. The Morgan fingerprint density at radius 1 is 0.714 bits per heavy atom. The molecule has 3 aliphatic heterocycles. The number of aliphatic hydroxyl groups is 9.